The summed E-state index contributed by atoms with van der Waals surface area (Å²) in [4.78, 5) is 12.1. The largest absolute Gasteiger partial charge is 0.497 e. The number of carbonyl (C=O) groups is 1. The highest BCUT2D eigenvalue weighted by Crippen LogP contribution is 2.19. The normalized spacial score (nSPS) is 11.8. The Kier molecular flexibility index (Phi) is 4.52. The average Bonchev–Trinajstić information content (AvgIpc) is 2.49. The Morgan fingerprint density at radius 1 is 1.14 bits per heavy atom. The summed E-state index contributed by atoms with van der Waals surface area (Å²) in [6, 6.07) is 9.03. The van der Waals surface area contributed by atoms with E-state index >= 15 is 0 Å². The number of amides is 1. The minimum atomic E-state index is -0.643. The van der Waals surface area contributed by atoms with Crippen molar-refractivity contribution in [3.8, 4) is 5.75 Å². The molecule has 0 bridgehead atoms. The Hall–Kier alpha value is -2.43. The molecule has 0 spiro atoms. The first-order valence-electron chi connectivity index (χ1n) is 6.41. The van der Waals surface area contributed by atoms with Crippen molar-refractivity contribution >= 4 is 5.91 Å². The van der Waals surface area contributed by atoms with Gasteiger partial charge in [0.15, 0.2) is 0 Å². The summed E-state index contributed by atoms with van der Waals surface area (Å²) < 4.78 is 31.8. The molecule has 110 valence electrons. The highest BCUT2D eigenvalue weighted by molar-refractivity contribution is 5.94. The Bertz CT molecular complexity index is 641. The van der Waals surface area contributed by atoms with Gasteiger partial charge >= 0.3 is 0 Å². The molecule has 0 heterocycles. The van der Waals surface area contributed by atoms with Gasteiger partial charge in [0.2, 0.25) is 0 Å². The van der Waals surface area contributed by atoms with Crippen molar-refractivity contribution in [2.75, 3.05) is 7.11 Å². The van der Waals surface area contributed by atoms with E-state index in [0.29, 0.717) is 11.3 Å². The van der Waals surface area contributed by atoms with Crippen LogP contribution in [0.1, 0.15) is 28.9 Å². The second-order valence-electron chi connectivity index (χ2n) is 4.59. The van der Waals surface area contributed by atoms with E-state index in [9.17, 15) is 13.6 Å². The van der Waals surface area contributed by atoms with Crippen molar-refractivity contribution in [1.82, 2.24) is 5.32 Å². The molecule has 21 heavy (non-hydrogen) atoms. The fourth-order valence-electron chi connectivity index (χ4n) is 1.95. The second-order valence-corrected chi connectivity index (χ2v) is 4.59. The summed E-state index contributed by atoms with van der Waals surface area (Å²) in [7, 11) is 1.53. The zero-order valence-electron chi connectivity index (χ0n) is 11.7. The molecule has 0 saturated carbocycles. The molecule has 3 nitrogen and oxygen atoms in total. The zero-order valence-corrected chi connectivity index (χ0v) is 11.7. The molecule has 1 amide bonds. The fraction of sp³-hybridized carbons (Fsp3) is 0.188. The van der Waals surface area contributed by atoms with E-state index in [0.717, 1.165) is 18.2 Å². The number of benzene rings is 2. The number of hydrogen-bond donors (Lipinski definition) is 1. The van der Waals surface area contributed by atoms with Gasteiger partial charge < -0.3 is 10.1 Å². The van der Waals surface area contributed by atoms with Gasteiger partial charge in [-0.2, -0.15) is 0 Å². The lowest BCUT2D eigenvalue weighted by Crippen LogP contribution is -2.27. The molecule has 2 rings (SSSR count). The van der Waals surface area contributed by atoms with Gasteiger partial charge in [0.1, 0.15) is 17.4 Å². The van der Waals surface area contributed by atoms with Crippen LogP contribution in [0.25, 0.3) is 0 Å². The van der Waals surface area contributed by atoms with Crippen LogP contribution in [0.5, 0.6) is 5.75 Å². The number of rotatable bonds is 4. The lowest BCUT2D eigenvalue weighted by Gasteiger charge is -2.15. The Labute approximate surface area is 121 Å². The molecular formula is C16H15F2NO2. The average molecular weight is 291 g/mol. The standard InChI is InChI=1S/C16H15F2NO2/c1-10(14-9-12(17)5-8-15(14)18)19-16(20)11-3-6-13(21-2)7-4-11/h3-10H,1-2H3,(H,19,20). The van der Waals surface area contributed by atoms with E-state index in [2.05, 4.69) is 5.32 Å². The molecule has 1 N–H and O–H groups in total. The monoisotopic (exact) mass is 291 g/mol. The summed E-state index contributed by atoms with van der Waals surface area (Å²) in [5, 5.41) is 2.63. The van der Waals surface area contributed by atoms with E-state index in [1.807, 2.05) is 0 Å². The topological polar surface area (TPSA) is 38.3 Å². The Balaban J connectivity index is 2.12. The first kappa shape index (κ1) is 15.0. The van der Waals surface area contributed by atoms with Crippen LogP contribution < -0.4 is 10.1 Å². The first-order valence-corrected chi connectivity index (χ1v) is 6.41. The zero-order chi connectivity index (χ0) is 15.4. The van der Waals surface area contributed by atoms with Gasteiger partial charge in [-0.05, 0) is 49.4 Å². The number of ether oxygens (including phenoxy) is 1. The van der Waals surface area contributed by atoms with Gasteiger partial charge in [0.25, 0.3) is 5.91 Å². The van der Waals surface area contributed by atoms with Crippen molar-refractivity contribution in [2.24, 2.45) is 0 Å². The van der Waals surface area contributed by atoms with E-state index in [4.69, 9.17) is 4.74 Å². The summed E-state index contributed by atoms with van der Waals surface area (Å²) >= 11 is 0. The van der Waals surface area contributed by atoms with Crippen molar-refractivity contribution < 1.29 is 18.3 Å². The molecule has 2 aromatic rings. The summed E-state index contributed by atoms with van der Waals surface area (Å²) in [5.74, 6) is -0.833. The third-order valence-corrected chi connectivity index (χ3v) is 3.12. The van der Waals surface area contributed by atoms with Gasteiger partial charge in [-0.1, -0.05) is 0 Å². The summed E-state index contributed by atoms with van der Waals surface area (Å²) in [6.07, 6.45) is 0. The van der Waals surface area contributed by atoms with Crippen LogP contribution in [0, 0.1) is 11.6 Å². The molecular weight excluding hydrogens is 276 g/mol. The third-order valence-electron chi connectivity index (χ3n) is 3.12. The van der Waals surface area contributed by atoms with Crippen LogP contribution in [0.3, 0.4) is 0 Å². The number of hydrogen-bond acceptors (Lipinski definition) is 2. The van der Waals surface area contributed by atoms with E-state index in [-0.39, 0.29) is 11.5 Å². The van der Waals surface area contributed by atoms with Crippen molar-refractivity contribution in [3.05, 3.63) is 65.2 Å². The van der Waals surface area contributed by atoms with Crippen LogP contribution in [0.15, 0.2) is 42.5 Å². The quantitative estimate of drug-likeness (QED) is 0.936. The minimum Gasteiger partial charge on any atom is -0.497 e. The molecule has 5 heteroatoms. The molecule has 0 radical (unpaired) electrons. The lowest BCUT2D eigenvalue weighted by atomic mass is 10.1. The van der Waals surface area contributed by atoms with E-state index in [1.54, 1.807) is 31.2 Å². The fourth-order valence-corrected chi connectivity index (χ4v) is 1.95. The van der Waals surface area contributed by atoms with Crippen LogP contribution in [0.2, 0.25) is 0 Å². The molecule has 2 aromatic carbocycles. The molecule has 0 fully saturated rings. The smallest absolute Gasteiger partial charge is 0.251 e. The number of methoxy groups -OCH3 is 1. The molecule has 0 aliphatic carbocycles. The number of nitrogens with one attached hydrogen (secondary N) is 1. The SMILES string of the molecule is COc1ccc(C(=O)NC(C)c2cc(F)ccc2F)cc1. The van der Waals surface area contributed by atoms with Gasteiger partial charge in [-0.3, -0.25) is 4.79 Å². The Morgan fingerprint density at radius 2 is 1.81 bits per heavy atom. The molecule has 0 saturated heterocycles. The Morgan fingerprint density at radius 3 is 2.43 bits per heavy atom. The van der Waals surface area contributed by atoms with Gasteiger partial charge in [-0.15, -0.1) is 0 Å². The molecule has 1 unspecified atom stereocenters. The molecule has 0 aliphatic rings. The van der Waals surface area contributed by atoms with Crippen LogP contribution >= 0.6 is 0 Å². The van der Waals surface area contributed by atoms with Crippen LogP contribution in [-0.4, -0.2) is 13.0 Å². The van der Waals surface area contributed by atoms with E-state index in [1.165, 1.54) is 7.11 Å². The van der Waals surface area contributed by atoms with Crippen LogP contribution in [-0.2, 0) is 0 Å². The maximum atomic E-state index is 13.6. The lowest BCUT2D eigenvalue weighted by molar-refractivity contribution is 0.0939. The van der Waals surface area contributed by atoms with Crippen molar-refractivity contribution in [3.63, 3.8) is 0 Å². The maximum absolute atomic E-state index is 13.6. The highest BCUT2D eigenvalue weighted by Gasteiger charge is 2.15. The second kappa shape index (κ2) is 6.35. The van der Waals surface area contributed by atoms with Gasteiger partial charge in [-0.25, -0.2) is 8.78 Å². The third kappa shape index (κ3) is 3.56. The minimum absolute atomic E-state index is 0.108. The predicted molar refractivity (Wildman–Crippen MR) is 75.2 cm³/mol. The molecule has 0 aromatic heterocycles. The number of halogens is 2. The maximum Gasteiger partial charge on any atom is 0.251 e. The van der Waals surface area contributed by atoms with Crippen molar-refractivity contribution in [1.29, 1.82) is 0 Å². The molecule has 1 atom stereocenters. The van der Waals surface area contributed by atoms with E-state index < -0.39 is 17.7 Å². The summed E-state index contributed by atoms with van der Waals surface area (Å²) in [6.45, 7) is 1.60. The summed E-state index contributed by atoms with van der Waals surface area (Å²) in [5.41, 5.74) is 0.524. The predicted octanol–water partition coefficient (Wildman–Crippen LogP) is 3.46. The molecule has 0 aliphatic heterocycles. The van der Waals surface area contributed by atoms with Gasteiger partial charge in [0.05, 0.1) is 13.2 Å². The number of carbonyl (C=O) groups excluding carboxylic acids is 1. The van der Waals surface area contributed by atoms with Crippen LogP contribution in [0.4, 0.5) is 8.78 Å². The highest BCUT2D eigenvalue weighted by atomic mass is 19.1. The van der Waals surface area contributed by atoms with Gasteiger partial charge in [0, 0.05) is 11.1 Å². The first-order chi connectivity index (χ1) is 10.0. The van der Waals surface area contributed by atoms with Crippen molar-refractivity contribution in [2.45, 2.75) is 13.0 Å².